The third kappa shape index (κ3) is 2.09. The van der Waals surface area contributed by atoms with E-state index in [1.807, 2.05) is 13.8 Å². The van der Waals surface area contributed by atoms with Crippen LogP contribution >= 0.6 is 0 Å². The summed E-state index contributed by atoms with van der Waals surface area (Å²) in [5, 5.41) is 3.65. The van der Waals surface area contributed by atoms with Crippen LogP contribution in [-0.4, -0.2) is 19.7 Å². The molecule has 3 N–H and O–H groups in total. The fourth-order valence-corrected chi connectivity index (χ4v) is 1.48. The van der Waals surface area contributed by atoms with Gasteiger partial charge in [0, 0.05) is 12.2 Å². The van der Waals surface area contributed by atoms with Crippen molar-refractivity contribution in [2.75, 3.05) is 0 Å². The number of hydrogen-bond acceptors (Lipinski definition) is 6. The van der Waals surface area contributed by atoms with Gasteiger partial charge in [-0.25, -0.2) is 4.79 Å². The number of nitrogens with one attached hydrogen (secondary N) is 1. The van der Waals surface area contributed by atoms with E-state index in [-0.39, 0.29) is 29.9 Å². The summed E-state index contributed by atoms with van der Waals surface area (Å²) < 4.78 is 6.21. The van der Waals surface area contributed by atoms with Crippen LogP contribution in [-0.2, 0) is 6.54 Å². The van der Waals surface area contributed by atoms with E-state index in [1.54, 1.807) is 0 Å². The number of aromatic nitrogens is 4. The highest BCUT2D eigenvalue weighted by molar-refractivity contribution is 5.50. The van der Waals surface area contributed by atoms with Crippen LogP contribution in [0.1, 0.15) is 25.8 Å². The molecule has 18 heavy (non-hydrogen) atoms. The van der Waals surface area contributed by atoms with Crippen molar-refractivity contribution in [3.8, 4) is 11.4 Å². The molecule has 0 amide bonds. The second-order valence-corrected chi connectivity index (χ2v) is 4.02. The number of nitrogens with two attached hydrogens (primary N) is 1. The smallest absolute Gasteiger partial charge is 0.328 e. The van der Waals surface area contributed by atoms with E-state index < -0.39 is 11.2 Å². The number of hydrogen-bond donors (Lipinski definition) is 2. The Bertz CT molecular complexity index is 667. The lowest BCUT2D eigenvalue weighted by Crippen LogP contribution is -2.31. The highest BCUT2D eigenvalue weighted by Gasteiger charge is 2.14. The first-order valence-corrected chi connectivity index (χ1v) is 5.41. The maximum atomic E-state index is 11.7. The quantitative estimate of drug-likeness (QED) is 0.767. The van der Waals surface area contributed by atoms with Gasteiger partial charge in [0.25, 0.3) is 5.56 Å². The largest absolute Gasteiger partial charge is 0.338 e. The topological polar surface area (TPSA) is 120 Å². The van der Waals surface area contributed by atoms with E-state index >= 15 is 0 Å². The lowest BCUT2D eigenvalue weighted by Gasteiger charge is -2.08. The van der Waals surface area contributed by atoms with Crippen LogP contribution in [0.2, 0.25) is 0 Å². The minimum absolute atomic E-state index is 0.0889. The predicted octanol–water partition coefficient (Wildman–Crippen LogP) is -0.374. The molecule has 96 valence electrons. The zero-order valence-corrected chi connectivity index (χ0v) is 10.0. The van der Waals surface area contributed by atoms with Gasteiger partial charge in [-0.15, -0.1) is 0 Å². The molecule has 0 fully saturated rings. The van der Waals surface area contributed by atoms with E-state index in [4.69, 9.17) is 10.3 Å². The highest BCUT2D eigenvalue weighted by Crippen LogP contribution is 2.10. The number of H-pyrrole nitrogens is 1. The Kier molecular flexibility index (Phi) is 3.11. The van der Waals surface area contributed by atoms with Crippen molar-refractivity contribution in [3.05, 3.63) is 32.9 Å². The minimum atomic E-state index is -0.554. The van der Waals surface area contributed by atoms with Gasteiger partial charge in [-0.1, -0.05) is 5.16 Å². The number of rotatable bonds is 3. The van der Waals surface area contributed by atoms with Crippen LogP contribution in [0.3, 0.4) is 0 Å². The molecule has 2 aromatic heterocycles. The van der Waals surface area contributed by atoms with Gasteiger partial charge < -0.3 is 10.3 Å². The molecule has 0 aliphatic carbocycles. The first-order valence-electron chi connectivity index (χ1n) is 5.41. The van der Waals surface area contributed by atoms with Crippen LogP contribution in [0, 0.1) is 0 Å². The van der Waals surface area contributed by atoms with Crippen LogP contribution in [0.5, 0.6) is 0 Å². The molecule has 0 spiro atoms. The third-order valence-corrected chi connectivity index (χ3v) is 2.41. The molecule has 8 heteroatoms. The number of nitrogens with zero attached hydrogens (tertiary/aromatic N) is 3. The van der Waals surface area contributed by atoms with Gasteiger partial charge in [0.2, 0.25) is 11.7 Å². The van der Waals surface area contributed by atoms with E-state index in [0.717, 1.165) is 0 Å². The molecule has 0 aromatic carbocycles. The maximum Gasteiger partial charge on any atom is 0.328 e. The zero-order chi connectivity index (χ0) is 13.3. The Morgan fingerprint density at radius 2 is 2.22 bits per heavy atom. The lowest BCUT2D eigenvalue weighted by atomic mass is 10.3. The van der Waals surface area contributed by atoms with Gasteiger partial charge in [0.15, 0.2) is 0 Å². The van der Waals surface area contributed by atoms with Crippen LogP contribution < -0.4 is 17.0 Å². The van der Waals surface area contributed by atoms with E-state index in [2.05, 4.69) is 15.1 Å². The van der Waals surface area contributed by atoms with Crippen LogP contribution in [0.15, 0.2) is 20.3 Å². The van der Waals surface area contributed by atoms with Crippen molar-refractivity contribution >= 4 is 0 Å². The van der Waals surface area contributed by atoms with Gasteiger partial charge in [-0.05, 0) is 13.8 Å². The molecule has 2 aromatic rings. The summed E-state index contributed by atoms with van der Waals surface area (Å²) >= 11 is 0. The third-order valence-electron chi connectivity index (χ3n) is 2.41. The second kappa shape index (κ2) is 4.57. The highest BCUT2D eigenvalue weighted by atomic mass is 16.5. The van der Waals surface area contributed by atoms with Crippen molar-refractivity contribution in [3.63, 3.8) is 0 Å². The molecule has 0 radical (unpaired) electrons. The SMILES string of the molecule is CC(C)n1cc(-c2noc(CN)n2)c(=O)[nH]c1=O. The Balaban J connectivity index is 2.60. The van der Waals surface area contributed by atoms with Gasteiger partial charge in [0.1, 0.15) is 5.56 Å². The van der Waals surface area contributed by atoms with Crippen LogP contribution in [0.4, 0.5) is 0 Å². The summed E-state index contributed by atoms with van der Waals surface area (Å²) in [5.74, 6) is 0.345. The summed E-state index contributed by atoms with van der Waals surface area (Å²) in [5.41, 5.74) is 4.49. The molecule has 8 nitrogen and oxygen atoms in total. The first-order chi connectivity index (χ1) is 8.52. The molecule has 0 aliphatic heterocycles. The molecule has 0 aliphatic rings. The average molecular weight is 251 g/mol. The molecule has 0 saturated carbocycles. The van der Waals surface area contributed by atoms with Crippen molar-refractivity contribution in [2.24, 2.45) is 5.73 Å². The van der Waals surface area contributed by atoms with Crippen LogP contribution in [0.25, 0.3) is 11.4 Å². The first kappa shape index (κ1) is 12.2. The Morgan fingerprint density at radius 3 is 2.78 bits per heavy atom. The molecule has 0 saturated heterocycles. The number of aromatic amines is 1. The molecule has 2 rings (SSSR count). The second-order valence-electron chi connectivity index (χ2n) is 4.02. The summed E-state index contributed by atoms with van der Waals surface area (Å²) in [6.45, 7) is 3.74. The standard InChI is InChI=1S/C10H13N5O3/c1-5(2)15-4-6(9(16)13-10(15)17)8-12-7(3-11)18-14-8/h4-5H,3,11H2,1-2H3,(H,13,16,17). The van der Waals surface area contributed by atoms with Crippen molar-refractivity contribution in [1.82, 2.24) is 19.7 Å². The van der Waals surface area contributed by atoms with Gasteiger partial charge >= 0.3 is 5.69 Å². The molecule has 2 heterocycles. The van der Waals surface area contributed by atoms with E-state index in [1.165, 1.54) is 10.8 Å². The summed E-state index contributed by atoms with van der Waals surface area (Å²) in [4.78, 5) is 29.4. The monoisotopic (exact) mass is 251 g/mol. The lowest BCUT2D eigenvalue weighted by molar-refractivity contribution is 0.380. The summed E-state index contributed by atoms with van der Waals surface area (Å²) in [6.07, 6.45) is 1.41. The fourth-order valence-electron chi connectivity index (χ4n) is 1.48. The van der Waals surface area contributed by atoms with Crippen molar-refractivity contribution in [1.29, 1.82) is 0 Å². The Morgan fingerprint density at radius 1 is 1.50 bits per heavy atom. The molecular formula is C10H13N5O3. The molecular weight excluding hydrogens is 238 g/mol. The predicted molar refractivity (Wildman–Crippen MR) is 62.9 cm³/mol. The van der Waals surface area contributed by atoms with E-state index in [9.17, 15) is 9.59 Å². The van der Waals surface area contributed by atoms with Gasteiger partial charge in [-0.2, -0.15) is 4.98 Å². The maximum absolute atomic E-state index is 11.7. The Hall–Kier alpha value is -2.22. The fraction of sp³-hybridized carbons (Fsp3) is 0.400. The molecule has 0 bridgehead atoms. The van der Waals surface area contributed by atoms with E-state index in [0.29, 0.717) is 0 Å². The Labute approximate surface area is 101 Å². The molecule has 0 atom stereocenters. The summed E-state index contributed by atoms with van der Waals surface area (Å²) in [7, 11) is 0. The van der Waals surface area contributed by atoms with Gasteiger partial charge in [0.05, 0.1) is 6.54 Å². The van der Waals surface area contributed by atoms with Crippen molar-refractivity contribution < 1.29 is 4.52 Å². The average Bonchev–Trinajstić information content (AvgIpc) is 2.77. The minimum Gasteiger partial charge on any atom is -0.338 e. The normalized spacial score (nSPS) is 11.1. The van der Waals surface area contributed by atoms with Gasteiger partial charge in [-0.3, -0.25) is 14.3 Å². The summed E-state index contributed by atoms with van der Waals surface area (Å²) in [6, 6.07) is -0.0889. The van der Waals surface area contributed by atoms with Crippen molar-refractivity contribution in [2.45, 2.75) is 26.4 Å². The zero-order valence-electron chi connectivity index (χ0n) is 10.0. The molecule has 0 unspecified atom stereocenters.